The first-order valence-electron chi connectivity index (χ1n) is 5.67. The Balaban J connectivity index is 2.74. The summed E-state index contributed by atoms with van der Waals surface area (Å²) < 4.78 is 42.5. The average molecular weight is 273 g/mol. The number of benzene rings is 1. The van der Waals surface area contributed by atoms with E-state index in [0.29, 0.717) is 11.6 Å². The molecule has 0 unspecified atom stereocenters. The van der Waals surface area contributed by atoms with Gasteiger partial charge >= 0.3 is 12.1 Å². The normalized spacial score (nSPS) is 12.1. The van der Waals surface area contributed by atoms with Crippen LogP contribution in [-0.2, 0) is 16.1 Å². The van der Waals surface area contributed by atoms with Crippen LogP contribution in [0.25, 0.3) is 0 Å². The zero-order valence-corrected chi connectivity index (χ0v) is 10.3. The molecule has 0 aliphatic heterocycles. The Kier molecular flexibility index (Phi) is 5.41. The fourth-order valence-electron chi connectivity index (χ4n) is 1.33. The van der Waals surface area contributed by atoms with Crippen molar-refractivity contribution < 1.29 is 22.7 Å². The molecule has 1 aromatic carbocycles. The molecule has 6 heteroatoms. The number of carbonyl (C=O) groups excluding carboxylic acids is 1. The lowest BCUT2D eigenvalue weighted by atomic mass is 10.2. The number of carbonyl (C=O) groups is 1. The molecule has 0 amide bonds. The summed E-state index contributed by atoms with van der Waals surface area (Å²) in [5, 5.41) is 2.20. The van der Waals surface area contributed by atoms with Crippen LogP contribution in [0.2, 0.25) is 0 Å². The number of hydrogen-bond acceptors (Lipinski definition) is 3. The standard InChI is InChI=1S/C13H14F3NO2/c1-2-19-12(18)8-11(13(14,15)16)17-9-10-6-4-3-5-7-10/h3-8,17H,2,9H2,1H3/b11-8+. The van der Waals surface area contributed by atoms with Crippen molar-refractivity contribution in [2.24, 2.45) is 0 Å². The van der Waals surface area contributed by atoms with E-state index in [1.165, 1.54) is 6.92 Å². The third-order valence-electron chi connectivity index (χ3n) is 2.18. The van der Waals surface area contributed by atoms with Gasteiger partial charge in [0.15, 0.2) is 0 Å². The molecule has 0 aliphatic rings. The number of ether oxygens (including phenoxy) is 1. The second-order valence-electron chi connectivity index (χ2n) is 3.65. The van der Waals surface area contributed by atoms with E-state index >= 15 is 0 Å². The first kappa shape index (κ1) is 15.1. The van der Waals surface area contributed by atoms with Crippen LogP contribution in [-0.4, -0.2) is 18.8 Å². The molecule has 0 bridgehead atoms. The maximum atomic E-state index is 12.7. The van der Waals surface area contributed by atoms with Crippen LogP contribution in [0.3, 0.4) is 0 Å². The monoisotopic (exact) mass is 273 g/mol. The smallest absolute Gasteiger partial charge is 0.431 e. The molecule has 0 atom stereocenters. The fourth-order valence-corrected chi connectivity index (χ4v) is 1.33. The van der Waals surface area contributed by atoms with Gasteiger partial charge in [-0.25, -0.2) is 4.79 Å². The van der Waals surface area contributed by atoms with Crippen molar-refractivity contribution in [3.63, 3.8) is 0 Å². The third kappa shape index (κ3) is 5.46. The Bertz CT molecular complexity index is 441. The fraction of sp³-hybridized carbons (Fsp3) is 0.308. The van der Waals surface area contributed by atoms with Gasteiger partial charge in [-0.1, -0.05) is 30.3 Å². The van der Waals surface area contributed by atoms with Gasteiger partial charge in [0.05, 0.1) is 12.7 Å². The van der Waals surface area contributed by atoms with E-state index < -0.39 is 17.8 Å². The molecule has 0 fully saturated rings. The largest absolute Gasteiger partial charge is 0.463 e. The number of alkyl halides is 3. The Morgan fingerprint density at radius 2 is 1.95 bits per heavy atom. The van der Waals surface area contributed by atoms with Gasteiger partial charge in [-0.05, 0) is 12.5 Å². The van der Waals surface area contributed by atoms with Crippen molar-refractivity contribution in [3.8, 4) is 0 Å². The summed E-state index contributed by atoms with van der Waals surface area (Å²) in [6.45, 7) is 1.53. The molecule has 0 spiro atoms. The topological polar surface area (TPSA) is 38.3 Å². The van der Waals surface area contributed by atoms with Gasteiger partial charge in [0.1, 0.15) is 5.70 Å². The highest BCUT2D eigenvalue weighted by atomic mass is 19.4. The number of allylic oxidation sites excluding steroid dienone is 1. The highest BCUT2D eigenvalue weighted by Crippen LogP contribution is 2.23. The quantitative estimate of drug-likeness (QED) is 0.662. The summed E-state index contributed by atoms with van der Waals surface area (Å²) in [6, 6.07) is 8.58. The lowest BCUT2D eigenvalue weighted by Gasteiger charge is -2.14. The van der Waals surface area contributed by atoms with Crippen molar-refractivity contribution in [3.05, 3.63) is 47.7 Å². The predicted octanol–water partition coefficient (Wildman–Crippen LogP) is 2.79. The third-order valence-corrected chi connectivity index (χ3v) is 2.18. The van der Waals surface area contributed by atoms with E-state index in [0.717, 1.165) is 0 Å². The molecule has 0 aromatic heterocycles. The van der Waals surface area contributed by atoms with Gasteiger partial charge in [0.2, 0.25) is 0 Å². The molecule has 1 N–H and O–H groups in total. The van der Waals surface area contributed by atoms with E-state index in [1.54, 1.807) is 30.3 Å². The average Bonchev–Trinajstić information content (AvgIpc) is 2.34. The van der Waals surface area contributed by atoms with Crippen LogP contribution in [0.1, 0.15) is 12.5 Å². The van der Waals surface area contributed by atoms with E-state index in [1.807, 2.05) is 0 Å². The van der Waals surface area contributed by atoms with Gasteiger partial charge in [-0.3, -0.25) is 0 Å². The maximum absolute atomic E-state index is 12.7. The lowest BCUT2D eigenvalue weighted by molar-refractivity contribution is -0.138. The van der Waals surface area contributed by atoms with E-state index in [4.69, 9.17) is 0 Å². The van der Waals surface area contributed by atoms with Crippen LogP contribution in [0.5, 0.6) is 0 Å². The second-order valence-corrected chi connectivity index (χ2v) is 3.65. The van der Waals surface area contributed by atoms with E-state index in [9.17, 15) is 18.0 Å². The number of nitrogens with one attached hydrogen (secondary N) is 1. The SMILES string of the molecule is CCOC(=O)/C=C(/NCc1ccccc1)C(F)(F)F. The van der Waals surface area contributed by atoms with Gasteiger partial charge in [0, 0.05) is 6.54 Å². The highest BCUT2D eigenvalue weighted by molar-refractivity contribution is 5.82. The first-order chi connectivity index (χ1) is 8.93. The van der Waals surface area contributed by atoms with Crippen molar-refractivity contribution in [1.82, 2.24) is 5.32 Å². The summed E-state index contributed by atoms with van der Waals surface area (Å²) in [7, 11) is 0. The zero-order valence-electron chi connectivity index (χ0n) is 10.3. The molecule has 0 saturated carbocycles. The van der Waals surface area contributed by atoms with Crippen LogP contribution in [0, 0.1) is 0 Å². The van der Waals surface area contributed by atoms with Crippen LogP contribution in [0.4, 0.5) is 13.2 Å². The van der Waals surface area contributed by atoms with Gasteiger partial charge in [-0.2, -0.15) is 13.2 Å². The molecule has 0 saturated heterocycles. The molecule has 19 heavy (non-hydrogen) atoms. The second kappa shape index (κ2) is 6.82. The lowest BCUT2D eigenvalue weighted by Crippen LogP contribution is -2.27. The summed E-state index contributed by atoms with van der Waals surface area (Å²) in [6.07, 6.45) is -4.20. The molecule has 3 nitrogen and oxygen atoms in total. The Morgan fingerprint density at radius 3 is 2.47 bits per heavy atom. The van der Waals surface area contributed by atoms with Crippen molar-refractivity contribution in [1.29, 1.82) is 0 Å². The van der Waals surface area contributed by atoms with Crippen molar-refractivity contribution in [2.75, 3.05) is 6.61 Å². The number of halogens is 3. The summed E-state index contributed by atoms with van der Waals surface area (Å²) in [4.78, 5) is 11.1. The summed E-state index contributed by atoms with van der Waals surface area (Å²) in [5.74, 6) is -1.02. The molecule has 104 valence electrons. The predicted molar refractivity (Wildman–Crippen MR) is 64.1 cm³/mol. The van der Waals surface area contributed by atoms with Gasteiger partial charge < -0.3 is 10.1 Å². The summed E-state index contributed by atoms with van der Waals surface area (Å²) in [5.41, 5.74) is -0.434. The maximum Gasteiger partial charge on any atom is 0.431 e. The minimum absolute atomic E-state index is 0.0222. The van der Waals surface area contributed by atoms with Crippen molar-refractivity contribution in [2.45, 2.75) is 19.6 Å². The Morgan fingerprint density at radius 1 is 1.32 bits per heavy atom. The van der Waals surface area contributed by atoms with Crippen LogP contribution < -0.4 is 5.32 Å². The van der Waals surface area contributed by atoms with Gasteiger partial charge in [-0.15, -0.1) is 0 Å². The summed E-state index contributed by atoms with van der Waals surface area (Å²) >= 11 is 0. The molecule has 1 aromatic rings. The zero-order chi connectivity index (χ0) is 14.3. The van der Waals surface area contributed by atoms with Crippen molar-refractivity contribution >= 4 is 5.97 Å². The molecular weight excluding hydrogens is 259 g/mol. The Hall–Kier alpha value is -1.98. The number of esters is 1. The molecule has 0 aliphatic carbocycles. The molecule has 1 rings (SSSR count). The minimum atomic E-state index is -4.62. The molecule has 0 radical (unpaired) electrons. The van der Waals surface area contributed by atoms with E-state index in [2.05, 4.69) is 10.1 Å². The van der Waals surface area contributed by atoms with Crippen LogP contribution >= 0.6 is 0 Å². The Labute approximate surface area is 109 Å². The molecular formula is C13H14F3NO2. The highest BCUT2D eigenvalue weighted by Gasteiger charge is 2.34. The number of rotatable bonds is 5. The number of hydrogen-bond donors (Lipinski definition) is 1. The minimum Gasteiger partial charge on any atom is -0.463 e. The van der Waals surface area contributed by atoms with E-state index in [-0.39, 0.29) is 13.2 Å². The van der Waals surface area contributed by atoms with Gasteiger partial charge in [0.25, 0.3) is 0 Å². The first-order valence-corrected chi connectivity index (χ1v) is 5.67. The van der Waals surface area contributed by atoms with Crippen LogP contribution in [0.15, 0.2) is 42.1 Å². The molecule has 0 heterocycles.